The topological polar surface area (TPSA) is 102 Å². The number of rotatable bonds is 8. The van der Waals surface area contributed by atoms with E-state index in [1.54, 1.807) is 24.3 Å². The standard InChI is InChI=1S/C21H24N2O6/c1-2-28-15-9-7-14(8-10-15)22-18(24)13-29-19(25)11-12-23-20(26)16-5-3-4-6-17(16)21(23)27/h3-4,7-10,16-17H,2,5-6,11-13H2,1H3,(H,22,24)/t16-,17+. The molecule has 1 saturated heterocycles. The predicted molar refractivity (Wildman–Crippen MR) is 104 cm³/mol. The zero-order chi connectivity index (χ0) is 20.8. The molecule has 0 radical (unpaired) electrons. The second kappa shape index (κ2) is 9.36. The summed E-state index contributed by atoms with van der Waals surface area (Å²) in [6.45, 7) is 1.96. The summed E-state index contributed by atoms with van der Waals surface area (Å²) >= 11 is 0. The Morgan fingerprint density at radius 1 is 1.07 bits per heavy atom. The fourth-order valence-corrected chi connectivity index (χ4v) is 3.51. The number of hydrogen-bond donors (Lipinski definition) is 1. The van der Waals surface area contributed by atoms with E-state index >= 15 is 0 Å². The Hall–Kier alpha value is -3.16. The van der Waals surface area contributed by atoms with Crippen LogP contribution in [0.5, 0.6) is 5.75 Å². The summed E-state index contributed by atoms with van der Waals surface area (Å²) in [7, 11) is 0. The number of anilines is 1. The first-order valence-corrected chi connectivity index (χ1v) is 9.68. The van der Waals surface area contributed by atoms with Gasteiger partial charge in [-0.15, -0.1) is 0 Å². The first-order valence-electron chi connectivity index (χ1n) is 9.68. The monoisotopic (exact) mass is 400 g/mol. The van der Waals surface area contributed by atoms with E-state index in [2.05, 4.69) is 5.32 Å². The van der Waals surface area contributed by atoms with Crippen molar-refractivity contribution in [1.29, 1.82) is 0 Å². The van der Waals surface area contributed by atoms with E-state index in [-0.39, 0.29) is 36.6 Å². The van der Waals surface area contributed by atoms with Crippen LogP contribution in [0.3, 0.4) is 0 Å². The molecule has 0 saturated carbocycles. The van der Waals surface area contributed by atoms with Gasteiger partial charge in [-0.2, -0.15) is 0 Å². The number of allylic oxidation sites excluding steroid dienone is 2. The molecule has 1 aliphatic heterocycles. The number of hydrogen-bond acceptors (Lipinski definition) is 6. The van der Waals surface area contributed by atoms with Gasteiger partial charge in [0.05, 0.1) is 24.9 Å². The normalized spacial score (nSPS) is 20.4. The van der Waals surface area contributed by atoms with E-state index in [0.717, 1.165) is 4.90 Å². The molecular formula is C21H24N2O6. The lowest BCUT2D eigenvalue weighted by molar-refractivity contribution is -0.148. The highest BCUT2D eigenvalue weighted by atomic mass is 16.5. The molecule has 29 heavy (non-hydrogen) atoms. The number of esters is 1. The van der Waals surface area contributed by atoms with Crippen molar-refractivity contribution in [3.63, 3.8) is 0 Å². The zero-order valence-corrected chi connectivity index (χ0v) is 16.3. The van der Waals surface area contributed by atoms with Gasteiger partial charge in [0.15, 0.2) is 6.61 Å². The molecule has 1 aromatic rings. The van der Waals surface area contributed by atoms with Crippen molar-refractivity contribution in [2.45, 2.75) is 26.2 Å². The quantitative estimate of drug-likeness (QED) is 0.406. The molecule has 0 aromatic heterocycles. The molecule has 154 valence electrons. The van der Waals surface area contributed by atoms with Gasteiger partial charge in [-0.05, 0) is 44.0 Å². The number of ether oxygens (including phenoxy) is 2. The van der Waals surface area contributed by atoms with Crippen LogP contribution in [0.2, 0.25) is 0 Å². The van der Waals surface area contributed by atoms with Crippen LogP contribution in [0, 0.1) is 11.8 Å². The third-order valence-corrected chi connectivity index (χ3v) is 4.95. The van der Waals surface area contributed by atoms with E-state index < -0.39 is 18.5 Å². The summed E-state index contributed by atoms with van der Waals surface area (Å²) in [5.74, 6) is -1.52. The van der Waals surface area contributed by atoms with Crippen molar-refractivity contribution in [2.24, 2.45) is 11.8 Å². The average Bonchev–Trinajstić information content (AvgIpc) is 2.97. The van der Waals surface area contributed by atoms with E-state index in [9.17, 15) is 19.2 Å². The highest BCUT2D eigenvalue weighted by molar-refractivity contribution is 6.05. The summed E-state index contributed by atoms with van der Waals surface area (Å²) in [6, 6.07) is 6.82. The van der Waals surface area contributed by atoms with Crippen molar-refractivity contribution >= 4 is 29.4 Å². The van der Waals surface area contributed by atoms with Crippen LogP contribution in [0.4, 0.5) is 5.69 Å². The summed E-state index contributed by atoms with van der Waals surface area (Å²) in [5.41, 5.74) is 0.555. The Kier molecular flexibility index (Phi) is 6.64. The lowest BCUT2D eigenvalue weighted by Crippen LogP contribution is -2.33. The molecule has 2 atom stereocenters. The number of carbonyl (C=O) groups is 4. The molecule has 1 aromatic carbocycles. The summed E-state index contributed by atoms with van der Waals surface area (Å²) in [5, 5.41) is 2.61. The number of imide groups is 1. The van der Waals surface area contributed by atoms with Gasteiger partial charge in [0.1, 0.15) is 5.75 Å². The van der Waals surface area contributed by atoms with Crippen molar-refractivity contribution in [1.82, 2.24) is 4.90 Å². The number of carbonyl (C=O) groups excluding carboxylic acids is 4. The number of benzene rings is 1. The highest BCUT2D eigenvalue weighted by Crippen LogP contribution is 2.35. The Bertz CT molecular complexity index is 791. The van der Waals surface area contributed by atoms with Crippen molar-refractivity contribution in [2.75, 3.05) is 25.1 Å². The maximum absolute atomic E-state index is 12.3. The maximum atomic E-state index is 12.3. The van der Waals surface area contributed by atoms with Gasteiger partial charge >= 0.3 is 5.97 Å². The average molecular weight is 400 g/mol. The molecule has 8 heteroatoms. The van der Waals surface area contributed by atoms with Gasteiger partial charge in [-0.25, -0.2) is 0 Å². The number of nitrogens with one attached hydrogen (secondary N) is 1. The largest absolute Gasteiger partial charge is 0.494 e. The first kappa shape index (κ1) is 20.6. The van der Waals surface area contributed by atoms with Crippen molar-refractivity contribution in [3.05, 3.63) is 36.4 Å². The molecule has 3 rings (SSSR count). The molecule has 1 fully saturated rings. The summed E-state index contributed by atoms with van der Waals surface area (Å²) < 4.78 is 10.3. The Morgan fingerprint density at radius 2 is 1.69 bits per heavy atom. The van der Waals surface area contributed by atoms with Crippen LogP contribution in [0.1, 0.15) is 26.2 Å². The van der Waals surface area contributed by atoms with Gasteiger partial charge in [-0.3, -0.25) is 24.1 Å². The van der Waals surface area contributed by atoms with Crippen molar-refractivity contribution in [3.8, 4) is 5.75 Å². The minimum atomic E-state index is -0.638. The zero-order valence-electron chi connectivity index (χ0n) is 16.3. The Morgan fingerprint density at radius 3 is 2.28 bits per heavy atom. The molecule has 0 spiro atoms. The summed E-state index contributed by atoms with van der Waals surface area (Å²) in [6.07, 6.45) is 4.80. The first-order chi connectivity index (χ1) is 14.0. The molecule has 0 bridgehead atoms. The molecular weight excluding hydrogens is 376 g/mol. The van der Waals surface area contributed by atoms with Gasteiger partial charge in [0.25, 0.3) is 5.91 Å². The van der Waals surface area contributed by atoms with Crippen LogP contribution >= 0.6 is 0 Å². The second-order valence-electron chi connectivity index (χ2n) is 6.90. The Balaban J connectivity index is 1.40. The Labute approximate surface area is 168 Å². The predicted octanol–water partition coefficient (Wildman–Crippen LogP) is 1.91. The molecule has 8 nitrogen and oxygen atoms in total. The third kappa shape index (κ3) is 5.01. The van der Waals surface area contributed by atoms with E-state index in [4.69, 9.17) is 9.47 Å². The minimum Gasteiger partial charge on any atom is -0.494 e. The number of nitrogens with zero attached hydrogens (tertiary/aromatic N) is 1. The molecule has 1 aliphatic carbocycles. The second-order valence-corrected chi connectivity index (χ2v) is 6.90. The smallest absolute Gasteiger partial charge is 0.308 e. The number of fused-ring (bicyclic) bond motifs is 1. The highest BCUT2D eigenvalue weighted by Gasteiger charge is 2.46. The third-order valence-electron chi connectivity index (χ3n) is 4.95. The number of likely N-dealkylation sites (tertiary alicyclic amines) is 1. The van der Waals surface area contributed by atoms with Gasteiger partial charge < -0.3 is 14.8 Å². The van der Waals surface area contributed by atoms with Gasteiger partial charge in [0, 0.05) is 12.2 Å². The van der Waals surface area contributed by atoms with Crippen molar-refractivity contribution < 1.29 is 28.7 Å². The molecule has 2 aliphatic rings. The lowest BCUT2D eigenvalue weighted by Gasteiger charge is -2.14. The lowest BCUT2D eigenvalue weighted by atomic mass is 9.85. The fourth-order valence-electron chi connectivity index (χ4n) is 3.51. The maximum Gasteiger partial charge on any atom is 0.308 e. The van der Waals surface area contributed by atoms with E-state index in [1.165, 1.54) is 0 Å². The van der Waals surface area contributed by atoms with Gasteiger partial charge in [0.2, 0.25) is 11.8 Å². The van der Waals surface area contributed by atoms with Gasteiger partial charge in [-0.1, -0.05) is 12.2 Å². The fraction of sp³-hybridized carbons (Fsp3) is 0.429. The minimum absolute atomic E-state index is 0.0238. The molecule has 1 heterocycles. The van der Waals surface area contributed by atoms with Crippen LogP contribution in [-0.2, 0) is 23.9 Å². The molecule has 1 N–H and O–H groups in total. The SMILES string of the molecule is CCOc1ccc(NC(=O)COC(=O)CCN2C(=O)[C@H]3CC=CC[C@H]3C2=O)cc1. The van der Waals surface area contributed by atoms with Crippen LogP contribution in [-0.4, -0.2) is 48.3 Å². The van der Waals surface area contributed by atoms with Crippen LogP contribution < -0.4 is 10.1 Å². The summed E-state index contributed by atoms with van der Waals surface area (Å²) in [4.78, 5) is 49.7. The van der Waals surface area contributed by atoms with Crippen LogP contribution in [0.25, 0.3) is 0 Å². The molecule has 0 unspecified atom stereocenters. The molecule has 3 amide bonds. The van der Waals surface area contributed by atoms with E-state index in [1.807, 2.05) is 19.1 Å². The van der Waals surface area contributed by atoms with Crippen LogP contribution in [0.15, 0.2) is 36.4 Å². The number of amides is 3. The van der Waals surface area contributed by atoms with E-state index in [0.29, 0.717) is 30.9 Å².